The number of ether oxygens (including phenoxy) is 2. The second-order valence-electron chi connectivity index (χ2n) is 6.28. The van der Waals surface area contributed by atoms with Crippen molar-refractivity contribution in [3.8, 4) is 5.75 Å². The highest BCUT2D eigenvalue weighted by Gasteiger charge is 2.16. The van der Waals surface area contributed by atoms with Crippen LogP contribution in [0, 0.1) is 21.8 Å². The molecule has 0 spiro atoms. The summed E-state index contributed by atoms with van der Waals surface area (Å²) < 4.78 is 23.7. The van der Waals surface area contributed by atoms with E-state index in [2.05, 4.69) is 5.32 Å². The molecule has 0 radical (unpaired) electrons. The fourth-order valence-electron chi connectivity index (χ4n) is 2.09. The number of hydrogen-bond acceptors (Lipinski definition) is 6. The average molecular weight is 390 g/mol. The van der Waals surface area contributed by atoms with E-state index in [1.54, 1.807) is 12.1 Å². The molecule has 0 aliphatic rings. The molecule has 2 aromatic carbocycles. The van der Waals surface area contributed by atoms with E-state index in [1.165, 1.54) is 12.1 Å². The number of halogens is 1. The maximum atomic E-state index is 13.3. The number of carbonyl (C=O) groups is 2. The van der Waals surface area contributed by atoms with Crippen LogP contribution in [0.2, 0.25) is 0 Å². The Morgan fingerprint density at radius 1 is 1.18 bits per heavy atom. The number of hydrogen-bond donors (Lipinski definition) is 1. The summed E-state index contributed by atoms with van der Waals surface area (Å²) in [6.45, 7) is 3.98. The predicted molar refractivity (Wildman–Crippen MR) is 98.7 cm³/mol. The SMILES string of the molecule is CC(C)COc1ccc(C(=O)OCC(=O)Nc2ccc(F)c([N+](=O)[O-])c2)cc1. The molecular weight excluding hydrogens is 371 g/mol. The van der Waals surface area contributed by atoms with Crippen molar-refractivity contribution in [3.63, 3.8) is 0 Å². The zero-order chi connectivity index (χ0) is 20.7. The first-order valence-electron chi connectivity index (χ1n) is 8.40. The van der Waals surface area contributed by atoms with E-state index in [-0.39, 0.29) is 11.3 Å². The Morgan fingerprint density at radius 3 is 2.46 bits per heavy atom. The number of nitrogens with one attached hydrogen (secondary N) is 1. The van der Waals surface area contributed by atoms with Gasteiger partial charge in [0, 0.05) is 11.8 Å². The third kappa shape index (κ3) is 6.04. The molecule has 0 bridgehead atoms. The lowest BCUT2D eigenvalue weighted by atomic mass is 10.2. The van der Waals surface area contributed by atoms with Crippen LogP contribution in [0.5, 0.6) is 5.75 Å². The van der Waals surface area contributed by atoms with Crippen LogP contribution in [0.3, 0.4) is 0 Å². The number of amides is 1. The molecule has 1 amide bonds. The van der Waals surface area contributed by atoms with E-state index < -0.39 is 34.9 Å². The third-order valence-electron chi connectivity index (χ3n) is 3.43. The number of rotatable bonds is 8. The quantitative estimate of drug-likeness (QED) is 0.419. The number of nitrogens with zero attached hydrogens (tertiary/aromatic N) is 1. The molecule has 2 aromatic rings. The van der Waals surface area contributed by atoms with Crippen LogP contribution in [0.25, 0.3) is 0 Å². The van der Waals surface area contributed by atoms with Crippen molar-refractivity contribution in [1.82, 2.24) is 0 Å². The second-order valence-corrected chi connectivity index (χ2v) is 6.28. The standard InChI is InChI=1S/C19H19FN2O6/c1-12(2)10-27-15-6-3-13(4-7-15)19(24)28-11-18(23)21-14-5-8-16(20)17(9-14)22(25)26/h3-9,12H,10-11H2,1-2H3,(H,21,23). The Bertz CT molecular complexity index is 867. The van der Waals surface area contributed by atoms with Crippen LogP contribution in [-0.2, 0) is 9.53 Å². The van der Waals surface area contributed by atoms with Crippen molar-refractivity contribution in [3.05, 3.63) is 64.0 Å². The van der Waals surface area contributed by atoms with E-state index in [0.29, 0.717) is 18.3 Å². The highest BCUT2D eigenvalue weighted by atomic mass is 19.1. The van der Waals surface area contributed by atoms with Gasteiger partial charge in [0.2, 0.25) is 5.82 Å². The minimum atomic E-state index is -1.02. The summed E-state index contributed by atoms with van der Waals surface area (Å²) >= 11 is 0. The van der Waals surface area contributed by atoms with E-state index in [1.807, 2.05) is 13.8 Å². The Morgan fingerprint density at radius 2 is 1.86 bits per heavy atom. The van der Waals surface area contributed by atoms with Gasteiger partial charge in [-0.15, -0.1) is 0 Å². The molecule has 2 rings (SSSR count). The Kier molecular flexibility index (Phi) is 7.02. The molecule has 0 saturated heterocycles. The van der Waals surface area contributed by atoms with E-state index in [0.717, 1.165) is 18.2 Å². The predicted octanol–water partition coefficient (Wildman–Crippen LogP) is 3.56. The zero-order valence-electron chi connectivity index (χ0n) is 15.3. The molecule has 0 fully saturated rings. The van der Waals surface area contributed by atoms with Crippen LogP contribution in [0.1, 0.15) is 24.2 Å². The monoisotopic (exact) mass is 390 g/mol. The fraction of sp³-hybridized carbons (Fsp3) is 0.263. The summed E-state index contributed by atoms with van der Waals surface area (Å²) in [6.07, 6.45) is 0. The summed E-state index contributed by atoms with van der Waals surface area (Å²) in [6, 6.07) is 9.18. The molecule has 9 heteroatoms. The van der Waals surface area contributed by atoms with Gasteiger partial charge in [0.15, 0.2) is 6.61 Å². The lowest BCUT2D eigenvalue weighted by Gasteiger charge is -2.09. The van der Waals surface area contributed by atoms with Crippen molar-refractivity contribution >= 4 is 23.3 Å². The molecule has 0 unspecified atom stereocenters. The van der Waals surface area contributed by atoms with Crippen molar-refractivity contribution in [2.24, 2.45) is 5.92 Å². The number of carbonyl (C=O) groups excluding carboxylic acids is 2. The van der Waals surface area contributed by atoms with Gasteiger partial charge in [-0.05, 0) is 42.3 Å². The molecule has 148 valence electrons. The Labute approximate surface area is 160 Å². The number of benzene rings is 2. The smallest absolute Gasteiger partial charge is 0.338 e. The summed E-state index contributed by atoms with van der Waals surface area (Å²) in [5, 5.41) is 13.0. The lowest BCUT2D eigenvalue weighted by molar-refractivity contribution is -0.387. The van der Waals surface area contributed by atoms with E-state index in [9.17, 15) is 24.1 Å². The first kappa shape index (κ1) is 20.8. The second kappa shape index (κ2) is 9.45. The van der Waals surface area contributed by atoms with Gasteiger partial charge in [0.25, 0.3) is 5.91 Å². The van der Waals surface area contributed by atoms with Gasteiger partial charge in [-0.3, -0.25) is 14.9 Å². The molecule has 28 heavy (non-hydrogen) atoms. The summed E-state index contributed by atoms with van der Waals surface area (Å²) in [5.41, 5.74) is -0.516. The number of nitro groups is 1. The van der Waals surface area contributed by atoms with E-state index in [4.69, 9.17) is 9.47 Å². The van der Waals surface area contributed by atoms with Gasteiger partial charge < -0.3 is 14.8 Å². The van der Waals surface area contributed by atoms with E-state index >= 15 is 0 Å². The molecule has 1 N–H and O–H groups in total. The minimum Gasteiger partial charge on any atom is -0.493 e. The van der Waals surface area contributed by atoms with Gasteiger partial charge in [-0.25, -0.2) is 4.79 Å². The zero-order valence-corrected chi connectivity index (χ0v) is 15.3. The van der Waals surface area contributed by atoms with Gasteiger partial charge in [0.1, 0.15) is 5.75 Å². The van der Waals surface area contributed by atoms with Crippen LogP contribution in [-0.4, -0.2) is 30.0 Å². The first-order valence-corrected chi connectivity index (χ1v) is 8.40. The number of esters is 1. The molecule has 0 aliphatic heterocycles. The molecule has 0 saturated carbocycles. The molecule has 0 aliphatic carbocycles. The topological polar surface area (TPSA) is 108 Å². The molecular formula is C19H19FN2O6. The molecule has 8 nitrogen and oxygen atoms in total. The van der Waals surface area contributed by atoms with Gasteiger partial charge in [-0.2, -0.15) is 4.39 Å². The third-order valence-corrected chi connectivity index (χ3v) is 3.43. The maximum absolute atomic E-state index is 13.3. The van der Waals surface area contributed by atoms with Crippen molar-refractivity contribution in [1.29, 1.82) is 0 Å². The minimum absolute atomic E-state index is 0.0146. The van der Waals surface area contributed by atoms with Crippen LogP contribution >= 0.6 is 0 Å². The average Bonchev–Trinajstić information content (AvgIpc) is 2.66. The summed E-state index contributed by atoms with van der Waals surface area (Å²) in [5.74, 6) is -1.47. The number of anilines is 1. The summed E-state index contributed by atoms with van der Waals surface area (Å²) in [7, 11) is 0. The molecule has 0 heterocycles. The highest BCUT2D eigenvalue weighted by Crippen LogP contribution is 2.21. The van der Waals surface area contributed by atoms with Crippen LogP contribution < -0.4 is 10.1 Å². The normalized spacial score (nSPS) is 10.4. The number of nitro benzene ring substituents is 1. The van der Waals surface area contributed by atoms with Crippen LogP contribution in [0.4, 0.5) is 15.8 Å². The lowest BCUT2D eigenvalue weighted by Crippen LogP contribution is -2.21. The van der Waals surface area contributed by atoms with Crippen molar-refractivity contribution < 1.29 is 28.4 Å². The maximum Gasteiger partial charge on any atom is 0.338 e. The Balaban J connectivity index is 1.87. The highest BCUT2D eigenvalue weighted by molar-refractivity contribution is 5.95. The fourth-order valence-corrected chi connectivity index (χ4v) is 2.09. The molecule has 0 atom stereocenters. The van der Waals surface area contributed by atoms with Gasteiger partial charge in [-0.1, -0.05) is 13.8 Å². The van der Waals surface area contributed by atoms with Crippen molar-refractivity contribution in [2.75, 3.05) is 18.5 Å². The Hall–Kier alpha value is -3.49. The molecule has 0 aromatic heterocycles. The van der Waals surface area contributed by atoms with Gasteiger partial charge >= 0.3 is 11.7 Å². The first-order chi connectivity index (χ1) is 13.3. The van der Waals surface area contributed by atoms with Crippen LogP contribution in [0.15, 0.2) is 42.5 Å². The van der Waals surface area contributed by atoms with Crippen molar-refractivity contribution in [2.45, 2.75) is 13.8 Å². The largest absolute Gasteiger partial charge is 0.493 e. The summed E-state index contributed by atoms with van der Waals surface area (Å²) in [4.78, 5) is 33.6. The van der Waals surface area contributed by atoms with Gasteiger partial charge in [0.05, 0.1) is 17.1 Å².